The van der Waals surface area contributed by atoms with Crippen molar-refractivity contribution in [2.75, 3.05) is 0 Å². The first-order chi connectivity index (χ1) is 17.2. The Labute approximate surface area is 203 Å². The van der Waals surface area contributed by atoms with Crippen molar-refractivity contribution in [2.45, 2.75) is 26.3 Å². The Bertz CT molecular complexity index is 1380. The van der Waals surface area contributed by atoms with Gasteiger partial charge in [-0.15, -0.1) is 5.10 Å². The zero-order valence-corrected chi connectivity index (χ0v) is 19.3. The van der Waals surface area contributed by atoms with E-state index < -0.39 is 11.7 Å². The largest absolute Gasteiger partial charge is 0.487 e. The molecule has 3 heterocycles. The maximum absolute atomic E-state index is 12.8. The molecule has 4 rings (SSSR count). The molecule has 0 saturated carbocycles. The number of hydrogen-bond donors (Lipinski definition) is 0. The van der Waals surface area contributed by atoms with Crippen LogP contribution in [0.1, 0.15) is 24.0 Å². The molecule has 0 aliphatic heterocycles. The Hall–Kier alpha value is -4.55. The van der Waals surface area contributed by atoms with Crippen LogP contribution in [0.3, 0.4) is 0 Å². The zero-order chi connectivity index (χ0) is 25.7. The van der Waals surface area contributed by atoms with E-state index in [2.05, 4.69) is 37.3 Å². The average Bonchev–Trinajstić information content (AvgIpc) is 3.59. The van der Waals surface area contributed by atoms with Crippen LogP contribution in [-0.2, 0) is 26.4 Å². The third kappa shape index (κ3) is 5.74. The highest BCUT2D eigenvalue weighted by molar-refractivity contribution is 5.72. The number of hydrogen-bond acceptors (Lipinski definition) is 8. The van der Waals surface area contributed by atoms with Gasteiger partial charge in [-0.25, -0.2) is 4.68 Å². The fourth-order valence-electron chi connectivity index (χ4n) is 3.29. The van der Waals surface area contributed by atoms with Gasteiger partial charge in [0.2, 0.25) is 5.82 Å². The number of allylic oxidation sites excluding steroid dienone is 5. The first-order valence-corrected chi connectivity index (χ1v) is 10.6. The summed E-state index contributed by atoms with van der Waals surface area (Å²) in [5, 5.41) is 19.4. The van der Waals surface area contributed by atoms with E-state index in [1.165, 1.54) is 18.5 Å². The Morgan fingerprint density at radius 3 is 2.67 bits per heavy atom. The maximum atomic E-state index is 12.8. The fourth-order valence-corrected chi connectivity index (χ4v) is 3.29. The topological polar surface area (TPSA) is 110 Å². The number of halogens is 3. The average molecular weight is 498 g/mol. The van der Waals surface area contributed by atoms with Crippen molar-refractivity contribution in [3.05, 3.63) is 84.3 Å². The summed E-state index contributed by atoms with van der Waals surface area (Å²) in [4.78, 5) is 4.50. The van der Waals surface area contributed by atoms with Gasteiger partial charge >= 0.3 is 6.18 Å². The van der Waals surface area contributed by atoms with E-state index >= 15 is 0 Å². The molecule has 4 aromatic rings. The van der Waals surface area contributed by atoms with Crippen molar-refractivity contribution >= 4 is 5.57 Å². The van der Waals surface area contributed by atoms with E-state index in [0.717, 1.165) is 17.7 Å². The second kappa shape index (κ2) is 10.4. The lowest BCUT2D eigenvalue weighted by molar-refractivity contribution is -0.137. The molecule has 0 atom stereocenters. The predicted octanol–water partition coefficient (Wildman–Crippen LogP) is 4.27. The molecule has 0 saturated heterocycles. The van der Waals surface area contributed by atoms with Gasteiger partial charge in [-0.1, -0.05) is 35.5 Å². The zero-order valence-electron chi connectivity index (χ0n) is 19.3. The van der Waals surface area contributed by atoms with E-state index in [9.17, 15) is 13.2 Å². The van der Waals surface area contributed by atoms with Crippen molar-refractivity contribution in [1.82, 2.24) is 40.1 Å². The molecule has 13 heteroatoms. The highest BCUT2D eigenvalue weighted by Gasteiger charge is 2.30. The van der Waals surface area contributed by atoms with Gasteiger partial charge in [-0.2, -0.15) is 23.3 Å². The Morgan fingerprint density at radius 1 is 1.22 bits per heavy atom. The van der Waals surface area contributed by atoms with Crippen LogP contribution >= 0.6 is 0 Å². The Balaban J connectivity index is 1.52. The lowest BCUT2D eigenvalue weighted by Gasteiger charge is -2.10. The van der Waals surface area contributed by atoms with Crippen molar-refractivity contribution in [3.63, 3.8) is 0 Å². The van der Waals surface area contributed by atoms with Gasteiger partial charge < -0.3 is 9.26 Å². The predicted molar refractivity (Wildman–Crippen MR) is 122 cm³/mol. The van der Waals surface area contributed by atoms with Crippen LogP contribution < -0.4 is 4.74 Å². The van der Waals surface area contributed by atoms with Crippen LogP contribution in [0, 0.1) is 0 Å². The molecule has 0 radical (unpaired) electrons. The van der Waals surface area contributed by atoms with E-state index in [0.29, 0.717) is 29.2 Å². The van der Waals surface area contributed by atoms with Gasteiger partial charge in [-0.3, -0.25) is 4.68 Å². The number of benzene rings is 1. The second-order valence-electron chi connectivity index (χ2n) is 7.72. The molecular formula is C23H21F3N8O2. The summed E-state index contributed by atoms with van der Waals surface area (Å²) in [6.45, 7) is 6.15. The minimum atomic E-state index is -4.41. The van der Waals surface area contributed by atoms with Crippen molar-refractivity contribution < 1.29 is 22.4 Å². The van der Waals surface area contributed by atoms with Crippen LogP contribution in [0.5, 0.6) is 5.75 Å². The number of aromatic nitrogens is 8. The van der Waals surface area contributed by atoms with Crippen molar-refractivity contribution in [1.29, 1.82) is 0 Å². The van der Waals surface area contributed by atoms with Gasteiger partial charge in [0.05, 0.1) is 29.6 Å². The summed E-state index contributed by atoms with van der Waals surface area (Å²) in [5.41, 5.74) is 1.99. The van der Waals surface area contributed by atoms with Crippen LogP contribution in [0.4, 0.5) is 13.2 Å². The van der Waals surface area contributed by atoms with Gasteiger partial charge in [-0.05, 0) is 41.6 Å². The molecule has 1 aromatic carbocycles. The second-order valence-corrected chi connectivity index (χ2v) is 7.72. The molecule has 10 nitrogen and oxygen atoms in total. The minimum Gasteiger partial charge on any atom is -0.487 e. The van der Waals surface area contributed by atoms with Crippen LogP contribution in [0.25, 0.3) is 17.0 Å². The smallest absolute Gasteiger partial charge is 0.416 e. The van der Waals surface area contributed by atoms with E-state index in [4.69, 9.17) is 9.26 Å². The normalized spacial score (nSPS) is 12.7. The number of nitrogens with zero attached hydrogens (tertiary/aromatic N) is 8. The van der Waals surface area contributed by atoms with Gasteiger partial charge in [0.1, 0.15) is 18.7 Å². The maximum Gasteiger partial charge on any atom is 0.416 e. The monoisotopic (exact) mass is 498 g/mol. The molecule has 0 aliphatic rings. The third-order valence-corrected chi connectivity index (χ3v) is 5.04. The lowest BCUT2D eigenvalue weighted by Crippen LogP contribution is -2.06. The first-order valence-electron chi connectivity index (χ1n) is 10.6. The number of rotatable bonds is 9. The molecule has 0 unspecified atom stereocenters. The Morgan fingerprint density at radius 2 is 2.00 bits per heavy atom. The summed E-state index contributed by atoms with van der Waals surface area (Å²) >= 11 is 0. The summed E-state index contributed by atoms with van der Waals surface area (Å²) in [6, 6.07) is 4.46. The molecule has 3 aromatic heterocycles. The first kappa shape index (κ1) is 24.6. The highest BCUT2D eigenvalue weighted by Crippen LogP contribution is 2.31. The molecule has 0 spiro atoms. The molecule has 186 valence electrons. The molecular weight excluding hydrogens is 477 g/mol. The van der Waals surface area contributed by atoms with Crippen LogP contribution in [0.15, 0.2) is 71.7 Å². The minimum absolute atomic E-state index is 0.0230. The van der Waals surface area contributed by atoms with Crippen molar-refractivity contribution in [2.24, 2.45) is 7.05 Å². The number of aryl methyl sites for hydroxylation is 1. The quantitative estimate of drug-likeness (QED) is 0.315. The third-order valence-electron chi connectivity index (χ3n) is 5.04. The van der Waals surface area contributed by atoms with Crippen LogP contribution in [-0.4, -0.2) is 40.1 Å². The highest BCUT2D eigenvalue weighted by atomic mass is 19.4. The van der Waals surface area contributed by atoms with Crippen LogP contribution in [0.2, 0.25) is 0 Å². The molecule has 0 fully saturated rings. The lowest BCUT2D eigenvalue weighted by atomic mass is 10.1. The van der Waals surface area contributed by atoms with E-state index in [1.807, 2.05) is 13.0 Å². The molecule has 0 amide bonds. The summed E-state index contributed by atoms with van der Waals surface area (Å²) in [5.74, 6) is 0.825. The van der Waals surface area contributed by atoms with Gasteiger partial charge in [0, 0.05) is 12.6 Å². The molecule has 0 N–H and O–H groups in total. The van der Waals surface area contributed by atoms with Crippen molar-refractivity contribution in [3.8, 4) is 17.2 Å². The Kier molecular flexibility index (Phi) is 7.08. The molecule has 0 aliphatic carbocycles. The standard InChI is InChI=1S/C23H21F3N8O2/c1-4-5-16(10-15(2)12-34-14-27-31-32-34)21-29-22(36-30-21)19-11-28-33(3)20(19)13-35-18-8-6-17(7-9-18)23(24,25)26/h4-11,14H,1,12-13H2,2-3H3/b15-10+,16-5+. The van der Waals surface area contributed by atoms with E-state index in [1.54, 1.807) is 34.8 Å². The van der Waals surface area contributed by atoms with Gasteiger partial charge in [0.25, 0.3) is 5.89 Å². The fraction of sp³-hybridized carbons (Fsp3) is 0.217. The molecule has 36 heavy (non-hydrogen) atoms. The number of tetrazole rings is 1. The summed E-state index contributed by atoms with van der Waals surface area (Å²) in [7, 11) is 1.71. The SMILES string of the molecule is C=C/C=C(\C=C(/C)Cn1cnnn1)c1noc(-c2cnn(C)c2COc2ccc(C(F)(F)F)cc2)n1. The summed E-state index contributed by atoms with van der Waals surface area (Å²) < 4.78 is 52.7. The number of alkyl halides is 3. The van der Waals surface area contributed by atoms with Gasteiger partial charge in [0.15, 0.2) is 0 Å². The molecule has 0 bridgehead atoms. The summed E-state index contributed by atoms with van der Waals surface area (Å²) in [6.07, 6.45) is 3.88. The van der Waals surface area contributed by atoms with E-state index in [-0.39, 0.29) is 18.2 Å². The number of ether oxygens (including phenoxy) is 1.